The highest BCUT2D eigenvalue weighted by atomic mass is 19.1. The summed E-state index contributed by atoms with van der Waals surface area (Å²) in [5.74, 6) is 0.578. The van der Waals surface area contributed by atoms with Crippen molar-refractivity contribution in [1.82, 2.24) is 29.3 Å². The number of hydrogen-bond acceptors (Lipinski definition) is 7. The standard InChI is InChI=1S/C36H44F3N7O/c1-22(2)46-24(4)41-34-30(38)17-26(18-32(34)46)33-31(39)20-40-35(43-33)42-28-8-7-25(29(37)19-28)21-44-10-12-45(13-11-44)36(9-5-6-14-47-36)27-15-23(3)16-27/h7-8,17-20,22-23,27H,5-6,9-16,21H2,1-4H3,(H,40,42,43). The Morgan fingerprint density at radius 3 is 2.45 bits per heavy atom. The zero-order chi connectivity index (χ0) is 32.9. The average Bonchev–Trinajstić information content (AvgIpc) is 3.39. The van der Waals surface area contributed by atoms with Gasteiger partial charge in [0.05, 0.1) is 11.7 Å². The van der Waals surface area contributed by atoms with Crippen LogP contribution in [0.1, 0.15) is 70.3 Å². The largest absolute Gasteiger partial charge is 0.360 e. The third kappa shape index (κ3) is 6.13. The summed E-state index contributed by atoms with van der Waals surface area (Å²) in [6, 6.07) is 7.93. The summed E-state index contributed by atoms with van der Waals surface area (Å²) in [4.78, 5) is 17.7. The van der Waals surface area contributed by atoms with Crippen LogP contribution >= 0.6 is 0 Å². The molecule has 47 heavy (non-hydrogen) atoms. The van der Waals surface area contributed by atoms with Crippen molar-refractivity contribution in [3.63, 3.8) is 0 Å². The molecule has 1 aliphatic carbocycles. The van der Waals surface area contributed by atoms with E-state index in [0.29, 0.717) is 35.1 Å². The van der Waals surface area contributed by atoms with Crippen molar-refractivity contribution in [3.05, 3.63) is 65.4 Å². The number of anilines is 2. The van der Waals surface area contributed by atoms with Crippen molar-refractivity contribution in [2.75, 3.05) is 38.1 Å². The van der Waals surface area contributed by atoms with Gasteiger partial charge in [0, 0.05) is 68.1 Å². The molecule has 3 fully saturated rings. The van der Waals surface area contributed by atoms with E-state index in [1.807, 2.05) is 25.3 Å². The molecular weight excluding hydrogens is 603 g/mol. The molecule has 8 nitrogen and oxygen atoms in total. The van der Waals surface area contributed by atoms with Gasteiger partial charge in [-0.25, -0.2) is 28.1 Å². The van der Waals surface area contributed by atoms with E-state index in [-0.39, 0.29) is 40.3 Å². The van der Waals surface area contributed by atoms with Crippen LogP contribution in [0, 0.1) is 36.2 Å². The van der Waals surface area contributed by atoms with Gasteiger partial charge in [-0.2, -0.15) is 0 Å². The van der Waals surface area contributed by atoms with Crippen LogP contribution in [-0.4, -0.2) is 67.8 Å². The lowest BCUT2D eigenvalue weighted by atomic mass is 9.67. The number of rotatable bonds is 8. The van der Waals surface area contributed by atoms with Crippen LogP contribution in [0.5, 0.6) is 0 Å². The second-order valence-corrected chi connectivity index (χ2v) is 14.0. The van der Waals surface area contributed by atoms with Gasteiger partial charge in [0.2, 0.25) is 5.95 Å². The molecule has 1 N–H and O–H groups in total. The lowest BCUT2D eigenvalue weighted by Crippen LogP contribution is -2.64. The highest BCUT2D eigenvalue weighted by Gasteiger charge is 2.50. The Balaban J connectivity index is 1.03. The zero-order valence-electron chi connectivity index (χ0n) is 27.7. The van der Waals surface area contributed by atoms with Crippen LogP contribution < -0.4 is 5.32 Å². The summed E-state index contributed by atoms with van der Waals surface area (Å²) < 4.78 is 53.9. The first-order chi connectivity index (χ1) is 22.6. The van der Waals surface area contributed by atoms with Crippen molar-refractivity contribution in [2.24, 2.45) is 11.8 Å². The third-order valence-electron chi connectivity index (χ3n) is 10.4. The van der Waals surface area contributed by atoms with E-state index in [2.05, 4.69) is 37.0 Å². The van der Waals surface area contributed by atoms with Gasteiger partial charge in [-0.15, -0.1) is 0 Å². The highest BCUT2D eigenvalue weighted by Crippen LogP contribution is 2.48. The second kappa shape index (κ2) is 12.8. The topological polar surface area (TPSA) is 71.3 Å². The summed E-state index contributed by atoms with van der Waals surface area (Å²) in [7, 11) is 0. The van der Waals surface area contributed by atoms with Gasteiger partial charge in [-0.05, 0) is 83.1 Å². The van der Waals surface area contributed by atoms with E-state index in [1.165, 1.54) is 31.4 Å². The van der Waals surface area contributed by atoms with E-state index >= 15 is 8.78 Å². The summed E-state index contributed by atoms with van der Waals surface area (Å²) >= 11 is 0. The van der Waals surface area contributed by atoms with Gasteiger partial charge >= 0.3 is 0 Å². The lowest BCUT2D eigenvalue weighted by molar-refractivity contribution is -0.240. The molecule has 2 aromatic carbocycles. The van der Waals surface area contributed by atoms with Crippen LogP contribution in [0.2, 0.25) is 0 Å². The van der Waals surface area contributed by atoms with E-state index in [0.717, 1.165) is 57.7 Å². The van der Waals surface area contributed by atoms with Crippen molar-refractivity contribution < 1.29 is 17.9 Å². The van der Waals surface area contributed by atoms with Crippen molar-refractivity contribution >= 4 is 22.7 Å². The van der Waals surface area contributed by atoms with Crippen LogP contribution in [0.25, 0.3) is 22.3 Å². The average molecular weight is 648 g/mol. The van der Waals surface area contributed by atoms with Crippen molar-refractivity contribution in [2.45, 2.75) is 78.1 Å². The second-order valence-electron chi connectivity index (χ2n) is 14.0. The number of fused-ring (bicyclic) bond motifs is 1. The van der Waals surface area contributed by atoms with E-state index in [1.54, 1.807) is 18.2 Å². The quantitative estimate of drug-likeness (QED) is 0.211. The number of hydrogen-bond donors (Lipinski definition) is 1. The maximum atomic E-state index is 15.4. The number of aromatic nitrogens is 4. The summed E-state index contributed by atoms with van der Waals surface area (Å²) in [5.41, 5.74) is 1.95. The molecule has 1 unspecified atom stereocenters. The number of ether oxygens (including phenoxy) is 1. The first kappa shape index (κ1) is 32.0. The van der Waals surface area contributed by atoms with E-state index in [9.17, 15) is 4.39 Å². The Morgan fingerprint density at radius 2 is 1.77 bits per heavy atom. The van der Waals surface area contributed by atoms with E-state index < -0.39 is 11.6 Å². The predicted octanol–water partition coefficient (Wildman–Crippen LogP) is 7.60. The SMILES string of the molecule is Cc1nc2c(F)cc(-c3nc(Nc4ccc(CN5CCN(C6(C7CC(C)C7)CCCCO6)CC5)c(F)c4)ncc3F)cc2n1C(C)C. The molecule has 3 aliphatic rings. The van der Waals surface area contributed by atoms with Gasteiger partial charge in [0.25, 0.3) is 0 Å². The fourth-order valence-electron chi connectivity index (χ4n) is 8.00. The molecule has 2 aliphatic heterocycles. The lowest BCUT2D eigenvalue weighted by Gasteiger charge is -2.56. The Hall–Kier alpha value is -3.54. The number of halogens is 3. The molecule has 0 spiro atoms. The summed E-state index contributed by atoms with van der Waals surface area (Å²) in [6.07, 6.45) is 7.01. The van der Waals surface area contributed by atoms with E-state index in [4.69, 9.17) is 4.74 Å². The molecule has 0 bridgehead atoms. The molecule has 0 amide bonds. The zero-order valence-corrected chi connectivity index (χ0v) is 27.7. The fraction of sp³-hybridized carbons (Fsp3) is 0.528. The Bertz CT molecular complexity index is 1760. The smallest absolute Gasteiger partial charge is 0.227 e. The van der Waals surface area contributed by atoms with Crippen molar-refractivity contribution in [3.8, 4) is 11.3 Å². The first-order valence-electron chi connectivity index (χ1n) is 17.0. The van der Waals surface area contributed by atoms with Crippen LogP contribution in [0.15, 0.2) is 36.5 Å². The maximum Gasteiger partial charge on any atom is 0.227 e. The van der Waals surface area contributed by atoms with Gasteiger partial charge in [-0.3, -0.25) is 9.80 Å². The Kier molecular flexibility index (Phi) is 8.73. The minimum Gasteiger partial charge on any atom is -0.360 e. The van der Waals surface area contributed by atoms with Crippen molar-refractivity contribution in [1.29, 1.82) is 0 Å². The molecule has 4 heterocycles. The Labute approximate surface area is 274 Å². The number of benzene rings is 2. The minimum absolute atomic E-state index is 0.0359. The molecule has 0 radical (unpaired) electrons. The molecule has 1 atom stereocenters. The van der Waals surface area contributed by atoms with Gasteiger partial charge in [-0.1, -0.05) is 13.0 Å². The molecular formula is C36H44F3N7O. The number of nitrogens with one attached hydrogen (secondary N) is 1. The number of aryl methyl sites for hydroxylation is 1. The highest BCUT2D eigenvalue weighted by molar-refractivity contribution is 5.83. The molecule has 2 saturated heterocycles. The molecule has 4 aromatic rings. The number of piperazine rings is 1. The normalized spacial score (nSPS) is 24.2. The maximum absolute atomic E-state index is 15.4. The predicted molar refractivity (Wildman–Crippen MR) is 177 cm³/mol. The summed E-state index contributed by atoms with van der Waals surface area (Å²) in [5, 5.41) is 3.00. The number of nitrogens with zero attached hydrogens (tertiary/aromatic N) is 6. The molecule has 2 aromatic heterocycles. The Morgan fingerprint density at radius 1 is 0.979 bits per heavy atom. The van der Waals surface area contributed by atoms with Gasteiger partial charge in [0.15, 0.2) is 11.6 Å². The fourth-order valence-corrected chi connectivity index (χ4v) is 8.00. The molecule has 1 saturated carbocycles. The van der Waals surface area contributed by atoms with Crippen LogP contribution in [0.3, 0.4) is 0 Å². The van der Waals surface area contributed by atoms with Gasteiger partial charge in [0.1, 0.15) is 28.6 Å². The monoisotopic (exact) mass is 647 g/mol. The minimum atomic E-state index is -0.688. The third-order valence-corrected chi connectivity index (χ3v) is 10.4. The number of imidazole rings is 1. The first-order valence-corrected chi connectivity index (χ1v) is 17.0. The van der Waals surface area contributed by atoms with Crippen LogP contribution in [0.4, 0.5) is 24.8 Å². The molecule has 11 heteroatoms. The summed E-state index contributed by atoms with van der Waals surface area (Å²) in [6.45, 7) is 13.1. The van der Waals surface area contributed by atoms with Crippen LogP contribution in [-0.2, 0) is 11.3 Å². The molecule has 7 rings (SSSR count). The molecule has 250 valence electrons. The van der Waals surface area contributed by atoms with Gasteiger partial charge < -0.3 is 14.6 Å².